The van der Waals surface area contributed by atoms with E-state index in [-0.39, 0.29) is 5.82 Å². The van der Waals surface area contributed by atoms with E-state index in [1.54, 1.807) is 13.1 Å². The number of hydrogen-bond donors (Lipinski definition) is 3. The molecule has 0 radical (unpaired) electrons. The first-order valence-corrected chi connectivity index (χ1v) is 5.56. The van der Waals surface area contributed by atoms with Crippen molar-refractivity contribution in [3.63, 3.8) is 0 Å². The molecule has 0 amide bonds. The van der Waals surface area contributed by atoms with E-state index in [1.165, 1.54) is 11.2 Å². The molecule has 0 aromatic heterocycles. The molecule has 0 unspecified atom stereocenters. The average Bonchev–Trinajstić information content (AvgIpc) is 2.33. The normalized spacial score (nSPS) is 15.6. The van der Waals surface area contributed by atoms with E-state index in [4.69, 9.17) is 11.6 Å². The first kappa shape index (κ1) is 11.9. The Morgan fingerprint density at radius 2 is 2.29 bits per heavy atom. The Labute approximate surface area is 100 Å². The number of rotatable bonds is 2. The molecule has 4 nitrogen and oxygen atoms in total. The molecule has 5 N–H and O–H groups in total. The Balaban J connectivity index is 2.50. The summed E-state index contributed by atoms with van der Waals surface area (Å²) in [5.41, 5.74) is 8.21. The van der Waals surface area contributed by atoms with Gasteiger partial charge in [0, 0.05) is 25.4 Å². The largest absolute Gasteiger partial charge is 0.403 e. The van der Waals surface area contributed by atoms with Crippen molar-refractivity contribution in [3.05, 3.63) is 40.8 Å². The highest BCUT2D eigenvalue weighted by Crippen LogP contribution is 2.25. The topological polar surface area (TPSA) is 67.3 Å². The number of nitrogens with two attached hydrogens (primary N) is 2. The van der Waals surface area contributed by atoms with Gasteiger partial charge in [-0.1, -0.05) is 6.07 Å². The Morgan fingerprint density at radius 3 is 2.94 bits per heavy atom. The molecule has 0 saturated heterocycles. The first-order chi connectivity index (χ1) is 8.15. The molecule has 0 atom stereocenters. The summed E-state index contributed by atoms with van der Waals surface area (Å²) < 4.78 is 14.3. The second-order valence-corrected chi connectivity index (χ2v) is 4.15. The molecule has 2 rings (SSSR count). The van der Waals surface area contributed by atoms with Gasteiger partial charge in [-0.15, -0.1) is 0 Å². The van der Waals surface area contributed by atoms with E-state index in [9.17, 15) is 4.39 Å². The highest BCUT2D eigenvalue weighted by Gasteiger charge is 2.18. The second-order valence-electron chi connectivity index (χ2n) is 4.15. The monoisotopic (exact) mass is 236 g/mol. The maximum atomic E-state index is 14.3. The third-order valence-corrected chi connectivity index (χ3v) is 3.02. The molecule has 0 spiro atoms. The summed E-state index contributed by atoms with van der Waals surface area (Å²) in [5.74, 6) is 5.42. The standard InChI is InChI=1S/C12H17FN4/c1-17(15)11(6-14)10-3-2-8-7-16-5-4-9(8)12(10)13/h2-3,6,16H,4-5,7,14-15H2,1H3/b11-6-. The fourth-order valence-electron chi connectivity index (χ4n) is 2.13. The van der Waals surface area contributed by atoms with Crippen LogP contribution in [-0.4, -0.2) is 18.6 Å². The Morgan fingerprint density at radius 1 is 1.53 bits per heavy atom. The third-order valence-electron chi connectivity index (χ3n) is 3.02. The van der Waals surface area contributed by atoms with E-state index >= 15 is 0 Å². The highest BCUT2D eigenvalue weighted by molar-refractivity contribution is 5.65. The number of fused-ring (bicyclic) bond motifs is 1. The maximum Gasteiger partial charge on any atom is 0.136 e. The molecular weight excluding hydrogens is 219 g/mol. The molecule has 0 fully saturated rings. The molecule has 1 aromatic carbocycles. The van der Waals surface area contributed by atoms with Crippen LogP contribution >= 0.6 is 0 Å². The zero-order chi connectivity index (χ0) is 12.4. The van der Waals surface area contributed by atoms with Crippen molar-refractivity contribution >= 4 is 5.70 Å². The summed E-state index contributed by atoms with van der Waals surface area (Å²) in [5, 5.41) is 4.54. The minimum atomic E-state index is -0.210. The van der Waals surface area contributed by atoms with Gasteiger partial charge in [-0.25, -0.2) is 10.2 Å². The summed E-state index contributed by atoms with van der Waals surface area (Å²) >= 11 is 0. The first-order valence-electron chi connectivity index (χ1n) is 5.56. The Bertz CT molecular complexity index is 454. The number of benzene rings is 1. The lowest BCUT2D eigenvalue weighted by Gasteiger charge is -2.22. The van der Waals surface area contributed by atoms with Crippen molar-refractivity contribution in [3.8, 4) is 0 Å². The lowest BCUT2D eigenvalue weighted by Crippen LogP contribution is -2.28. The van der Waals surface area contributed by atoms with E-state index < -0.39 is 0 Å². The van der Waals surface area contributed by atoms with Crippen LogP contribution in [0.15, 0.2) is 18.3 Å². The van der Waals surface area contributed by atoms with Gasteiger partial charge in [-0.05, 0) is 30.2 Å². The number of nitrogens with zero attached hydrogens (tertiary/aromatic N) is 1. The summed E-state index contributed by atoms with van der Waals surface area (Å²) in [6, 6.07) is 3.65. The van der Waals surface area contributed by atoms with Crippen molar-refractivity contribution in [2.75, 3.05) is 13.6 Å². The Hall–Kier alpha value is -1.59. The van der Waals surface area contributed by atoms with Gasteiger partial charge in [-0.3, -0.25) is 0 Å². The van der Waals surface area contributed by atoms with Crippen LogP contribution in [0, 0.1) is 5.82 Å². The molecule has 0 saturated carbocycles. The second kappa shape index (κ2) is 4.73. The molecule has 0 bridgehead atoms. The van der Waals surface area contributed by atoms with Gasteiger partial charge in [0.05, 0.1) is 5.70 Å². The minimum Gasteiger partial charge on any atom is -0.403 e. The van der Waals surface area contributed by atoms with E-state index in [0.29, 0.717) is 24.2 Å². The highest BCUT2D eigenvalue weighted by atomic mass is 19.1. The van der Waals surface area contributed by atoms with Crippen molar-refractivity contribution in [2.24, 2.45) is 11.6 Å². The fourth-order valence-corrected chi connectivity index (χ4v) is 2.13. The summed E-state index contributed by atoms with van der Waals surface area (Å²) in [6.45, 7) is 1.51. The molecule has 92 valence electrons. The molecule has 1 heterocycles. The van der Waals surface area contributed by atoms with Crippen LogP contribution in [0.25, 0.3) is 5.70 Å². The van der Waals surface area contributed by atoms with Crippen molar-refractivity contribution in [2.45, 2.75) is 13.0 Å². The predicted molar refractivity (Wildman–Crippen MR) is 65.9 cm³/mol. The summed E-state index contributed by atoms with van der Waals surface area (Å²) in [6.07, 6.45) is 2.02. The van der Waals surface area contributed by atoms with Gasteiger partial charge in [-0.2, -0.15) is 0 Å². The van der Waals surface area contributed by atoms with Crippen LogP contribution in [0.1, 0.15) is 16.7 Å². The fraction of sp³-hybridized carbons (Fsp3) is 0.333. The molecular formula is C12H17FN4. The Kier molecular flexibility index (Phi) is 3.31. The van der Waals surface area contributed by atoms with E-state index in [1.807, 2.05) is 6.07 Å². The van der Waals surface area contributed by atoms with Crippen molar-refractivity contribution in [1.82, 2.24) is 10.3 Å². The molecule has 1 aliphatic rings. The zero-order valence-corrected chi connectivity index (χ0v) is 9.83. The zero-order valence-electron chi connectivity index (χ0n) is 9.83. The quantitative estimate of drug-likeness (QED) is 0.518. The number of nitrogens with one attached hydrogen (secondary N) is 1. The lowest BCUT2D eigenvalue weighted by molar-refractivity contribution is 0.499. The predicted octanol–water partition coefficient (Wildman–Crippen LogP) is 0.534. The molecule has 5 heteroatoms. The van der Waals surface area contributed by atoms with Crippen molar-refractivity contribution in [1.29, 1.82) is 0 Å². The average molecular weight is 236 g/mol. The van der Waals surface area contributed by atoms with Crippen LogP contribution in [0.3, 0.4) is 0 Å². The SMILES string of the molecule is CN(N)/C(=C\N)c1ccc2c(c1F)CCNC2. The summed E-state index contributed by atoms with van der Waals surface area (Å²) in [4.78, 5) is 0. The number of hydrazine groups is 1. The van der Waals surface area contributed by atoms with Gasteiger partial charge in [0.1, 0.15) is 5.82 Å². The van der Waals surface area contributed by atoms with Crippen molar-refractivity contribution < 1.29 is 4.39 Å². The van der Waals surface area contributed by atoms with Gasteiger partial charge in [0.15, 0.2) is 0 Å². The van der Waals surface area contributed by atoms with Gasteiger partial charge in [0.25, 0.3) is 0 Å². The van der Waals surface area contributed by atoms with Crippen LogP contribution in [-0.2, 0) is 13.0 Å². The summed E-state index contributed by atoms with van der Waals surface area (Å²) in [7, 11) is 1.64. The molecule has 1 aromatic rings. The molecule has 0 aliphatic carbocycles. The van der Waals surface area contributed by atoms with E-state index in [2.05, 4.69) is 5.32 Å². The van der Waals surface area contributed by atoms with Crippen LogP contribution in [0.2, 0.25) is 0 Å². The van der Waals surface area contributed by atoms with Crippen LogP contribution in [0.4, 0.5) is 4.39 Å². The smallest absolute Gasteiger partial charge is 0.136 e. The number of hydrogen-bond acceptors (Lipinski definition) is 4. The van der Waals surface area contributed by atoms with Crippen LogP contribution in [0.5, 0.6) is 0 Å². The van der Waals surface area contributed by atoms with Gasteiger partial charge < -0.3 is 16.1 Å². The third kappa shape index (κ3) is 2.11. The molecule has 17 heavy (non-hydrogen) atoms. The van der Waals surface area contributed by atoms with E-state index in [0.717, 1.165) is 17.7 Å². The van der Waals surface area contributed by atoms with Gasteiger partial charge >= 0.3 is 0 Å². The maximum absolute atomic E-state index is 14.3. The van der Waals surface area contributed by atoms with Gasteiger partial charge in [0.2, 0.25) is 0 Å². The molecule has 1 aliphatic heterocycles. The minimum absolute atomic E-state index is 0.210. The lowest BCUT2D eigenvalue weighted by atomic mass is 9.96. The number of halogens is 1. The van der Waals surface area contributed by atoms with Crippen LogP contribution < -0.4 is 16.9 Å².